The molecule has 176 valence electrons. The maximum Gasteiger partial charge on any atom is 0.410 e. The lowest BCUT2D eigenvalue weighted by atomic mass is 9.77. The zero-order valence-electron chi connectivity index (χ0n) is 18.4. The van der Waals surface area contributed by atoms with Crippen molar-refractivity contribution in [2.24, 2.45) is 5.41 Å². The van der Waals surface area contributed by atoms with Crippen molar-refractivity contribution in [3.05, 3.63) is 59.7 Å². The predicted molar refractivity (Wildman–Crippen MR) is 116 cm³/mol. The number of halogens is 3. The second-order valence-corrected chi connectivity index (χ2v) is 9.24. The van der Waals surface area contributed by atoms with Crippen molar-refractivity contribution in [1.82, 2.24) is 4.90 Å². The van der Waals surface area contributed by atoms with Crippen molar-refractivity contribution in [2.45, 2.75) is 57.3 Å². The Balaban J connectivity index is 1.62. The predicted octanol–water partition coefficient (Wildman–Crippen LogP) is 5.83. The SMILES string of the molecule is CC(C)(C(=O)O)[C@@H]1CCC[C@H](C(F)(F)F)N1C(=O)OCC1c2ccccc2-c2ccccc21. The molecule has 33 heavy (non-hydrogen) atoms. The van der Waals surface area contributed by atoms with Crippen molar-refractivity contribution in [3.63, 3.8) is 0 Å². The topological polar surface area (TPSA) is 66.8 Å². The number of hydrogen-bond acceptors (Lipinski definition) is 3. The lowest BCUT2D eigenvalue weighted by Crippen LogP contribution is -2.61. The summed E-state index contributed by atoms with van der Waals surface area (Å²) < 4.78 is 47.1. The number of rotatable bonds is 4. The number of hydrogen-bond donors (Lipinski definition) is 1. The number of aliphatic carboxylic acids is 1. The Labute approximate surface area is 190 Å². The van der Waals surface area contributed by atoms with Crippen LogP contribution in [0.2, 0.25) is 0 Å². The smallest absolute Gasteiger partial charge is 0.410 e. The summed E-state index contributed by atoms with van der Waals surface area (Å²) in [4.78, 5) is 25.6. The van der Waals surface area contributed by atoms with E-state index in [0.717, 1.165) is 22.3 Å². The Bertz CT molecular complexity index is 1020. The highest BCUT2D eigenvalue weighted by molar-refractivity contribution is 5.79. The van der Waals surface area contributed by atoms with Crippen LogP contribution in [0.25, 0.3) is 11.1 Å². The van der Waals surface area contributed by atoms with Crippen molar-refractivity contribution in [1.29, 1.82) is 0 Å². The third-order valence-corrected chi connectivity index (χ3v) is 6.94. The van der Waals surface area contributed by atoms with Gasteiger partial charge in [0.1, 0.15) is 12.6 Å². The summed E-state index contributed by atoms with van der Waals surface area (Å²) in [6, 6.07) is 12.1. The third kappa shape index (κ3) is 4.07. The number of fused-ring (bicyclic) bond motifs is 3. The molecule has 5 nitrogen and oxygen atoms in total. The first-order valence-corrected chi connectivity index (χ1v) is 11.0. The molecule has 1 saturated heterocycles. The van der Waals surface area contributed by atoms with Gasteiger partial charge in [0.2, 0.25) is 0 Å². The van der Waals surface area contributed by atoms with Gasteiger partial charge in [0.25, 0.3) is 0 Å². The summed E-state index contributed by atoms with van der Waals surface area (Å²) in [6.07, 6.45) is -5.74. The number of amides is 1. The van der Waals surface area contributed by atoms with Crippen LogP contribution in [0.4, 0.5) is 18.0 Å². The average molecular weight is 461 g/mol. The molecule has 0 saturated carbocycles. The fraction of sp³-hybridized carbons (Fsp3) is 0.440. The van der Waals surface area contributed by atoms with E-state index in [0.29, 0.717) is 4.90 Å². The number of alkyl halides is 3. The molecule has 2 aromatic carbocycles. The van der Waals surface area contributed by atoms with Crippen molar-refractivity contribution >= 4 is 12.1 Å². The van der Waals surface area contributed by atoms with Gasteiger partial charge in [-0.3, -0.25) is 9.69 Å². The quantitative estimate of drug-likeness (QED) is 0.622. The summed E-state index contributed by atoms with van der Waals surface area (Å²) in [5.41, 5.74) is 2.34. The maximum atomic E-state index is 13.9. The van der Waals surface area contributed by atoms with Gasteiger partial charge in [0.05, 0.1) is 11.5 Å². The second kappa shape index (κ2) is 8.39. The van der Waals surface area contributed by atoms with E-state index in [1.165, 1.54) is 13.8 Å². The normalized spacial score (nSPS) is 20.8. The number of likely N-dealkylation sites (tertiary alicyclic amines) is 1. The van der Waals surface area contributed by atoms with Crippen LogP contribution in [0.1, 0.15) is 50.2 Å². The molecule has 2 aromatic rings. The van der Waals surface area contributed by atoms with Gasteiger partial charge in [-0.05, 0) is 55.4 Å². The number of carbonyl (C=O) groups is 2. The minimum absolute atomic E-state index is 0.131. The molecule has 0 spiro atoms. The second-order valence-electron chi connectivity index (χ2n) is 9.24. The van der Waals surface area contributed by atoms with Crippen LogP contribution in [-0.2, 0) is 9.53 Å². The molecule has 0 bridgehead atoms. The highest BCUT2D eigenvalue weighted by Gasteiger charge is 2.55. The molecule has 2 aliphatic rings. The fourth-order valence-electron chi connectivity index (χ4n) is 5.10. The molecule has 2 atom stereocenters. The van der Waals surface area contributed by atoms with E-state index >= 15 is 0 Å². The monoisotopic (exact) mass is 461 g/mol. The average Bonchev–Trinajstić information content (AvgIpc) is 3.10. The number of benzene rings is 2. The standard InChI is InChI=1S/C25H26F3NO4/c1-24(2,22(30)31)20-12-7-13-21(25(26,27)28)29(20)23(32)33-14-19-17-10-5-3-8-15(17)16-9-4-6-11-18(16)19/h3-6,8-11,19-21H,7,12-14H2,1-2H3,(H,30,31)/t20-,21+/m0/s1. The Morgan fingerprint density at radius 2 is 1.48 bits per heavy atom. The summed E-state index contributed by atoms with van der Waals surface area (Å²) >= 11 is 0. The first kappa shape index (κ1) is 23.1. The Hall–Kier alpha value is -3.03. The molecule has 0 unspecified atom stereocenters. The van der Waals surface area contributed by atoms with Gasteiger partial charge >= 0.3 is 18.2 Å². The number of carboxylic acid groups (broad SMARTS) is 1. The summed E-state index contributed by atoms with van der Waals surface area (Å²) in [6.45, 7) is 2.57. The molecule has 1 aliphatic heterocycles. The van der Waals surface area contributed by atoms with E-state index in [1.807, 2.05) is 48.5 Å². The van der Waals surface area contributed by atoms with Gasteiger partial charge in [-0.1, -0.05) is 48.5 Å². The third-order valence-electron chi connectivity index (χ3n) is 6.94. The van der Waals surface area contributed by atoms with Gasteiger partial charge in [-0.2, -0.15) is 13.2 Å². The number of carboxylic acids is 1. The number of nitrogens with zero attached hydrogens (tertiary/aromatic N) is 1. The van der Waals surface area contributed by atoms with Crippen LogP contribution in [0.15, 0.2) is 48.5 Å². The Morgan fingerprint density at radius 3 is 2.00 bits per heavy atom. The van der Waals surface area contributed by atoms with Crippen LogP contribution < -0.4 is 0 Å². The molecule has 4 rings (SSSR count). The van der Waals surface area contributed by atoms with Gasteiger partial charge in [0.15, 0.2) is 0 Å². The van der Waals surface area contributed by atoms with Gasteiger partial charge < -0.3 is 9.84 Å². The fourth-order valence-corrected chi connectivity index (χ4v) is 5.10. The molecule has 1 fully saturated rings. The van der Waals surface area contributed by atoms with Crippen LogP contribution in [0.5, 0.6) is 0 Å². The van der Waals surface area contributed by atoms with Crippen molar-refractivity contribution in [3.8, 4) is 11.1 Å². The Kier molecular flexibility index (Phi) is 5.88. The molecule has 1 amide bonds. The van der Waals surface area contributed by atoms with E-state index in [-0.39, 0.29) is 31.8 Å². The van der Waals surface area contributed by atoms with Crippen LogP contribution in [0, 0.1) is 5.41 Å². The van der Waals surface area contributed by atoms with Gasteiger partial charge in [-0.15, -0.1) is 0 Å². The van der Waals surface area contributed by atoms with Crippen molar-refractivity contribution < 1.29 is 32.6 Å². The molecular formula is C25H26F3NO4. The van der Waals surface area contributed by atoms with Gasteiger partial charge in [-0.25, -0.2) is 4.79 Å². The summed E-state index contributed by atoms with van der Waals surface area (Å²) in [7, 11) is 0. The van der Waals surface area contributed by atoms with Crippen LogP contribution >= 0.6 is 0 Å². The Morgan fingerprint density at radius 1 is 0.970 bits per heavy atom. The highest BCUT2D eigenvalue weighted by atomic mass is 19.4. The molecule has 1 aliphatic carbocycles. The van der Waals surface area contributed by atoms with E-state index in [4.69, 9.17) is 4.74 Å². The molecule has 1 heterocycles. The first-order valence-electron chi connectivity index (χ1n) is 11.0. The minimum atomic E-state index is -4.68. The first-order chi connectivity index (χ1) is 15.5. The number of carbonyl (C=O) groups excluding carboxylic acids is 1. The zero-order valence-corrected chi connectivity index (χ0v) is 18.4. The lowest BCUT2D eigenvalue weighted by molar-refractivity contribution is -0.201. The zero-order chi connectivity index (χ0) is 24.0. The van der Waals surface area contributed by atoms with E-state index in [2.05, 4.69) is 0 Å². The van der Waals surface area contributed by atoms with Crippen molar-refractivity contribution in [2.75, 3.05) is 6.61 Å². The maximum absolute atomic E-state index is 13.9. The molecule has 8 heteroatoms. The lowest BCUT2D eigenvalue weighted by Gasteiger charge is -2.46. The van der Waals surface area contributed by atoms with E-state index < -0.39 is 35.7 Å². The van der Waals surface area contributed by atoms with Gasteiger partial charge in [0, 0.05) is 5.92 Å². The van der Waals surface area contributed by atoms with Crippen LogP contribution in [0.3, 0.4) is 0 Å². The van der Waals surface area contributed by atoms with Crippen LogP contribution in [-0.4, -0.2) is 46.9 Å². The summed E-state index contributed by atoms with van der Waals surface area (Å²) in [5.74, 6) is -1.56. The molecule has 1 N–H and O–H groups in total. The molecular weight excluding hydrogens is 435 g/mol. The van der Waals surface area contributed by atoms with E-state index in [9.17, 15) is 27.9 Å². The highest BCUT2D eigenvalue weighted by Crippen LogP contribution is 2.45. The number of ether oxygens (including phenoxy) is 1. The molecule has 0 radical (unpaired) electrons. The van der Waals surface area contributed by atoms with E-state index in [1.54, 1.807) is 0 Å². The minimum Gasteiger partial charge on any atom is -0.481 e. The number of piperidine rings is 1. The summed E-state index contributed by atoms with van der Waals surface area (Å²) in [5, 5.41) is 9.64. The largest absolute Gasteiger partial charge is 0.481 e. The molecule has 0 aromatic heterocycles.